The normalized spacial score (nSPS) is 28.9. The molecule has 0 spiro atoms. The molecule has 0 bridgehead atoms. The van der Waals surface area contributed by atoms with Crippen LogP contribution in [0.25, 0.3) is 0 Å². The standard InChI is InChI=1S/C11H25N3/c1-5-12-6-7-14-8-10(2)11(9-14)13(3)4/h10-12H,5-9H2,1-4H3. The Bertz CT molecular complexity index is 159. The third-order valence-electron chi connectivity index (χ3n) is 3.17. The zero-order valence-corrected chi connectivity index (χ0v) is 10.1. The van der Waals surface area contributed by atoms with Crippen LogP contribution < -0.4 is 5.32 Å². The number of hydrogen-bond acceptors (Lipinski definition) is 3. The summed E-state index contributed by atoms with van der Waals surface area (Å²) >= 11 is 0. The summed E-state index contributed by atoms with van der Waals surface area (Å²) in [7, 11) is 4.38. The first-order valence-corrected chi connectivity index (χ1v) is 5.74. The van der Waals surface area contributed by atoms with Gasteiger partial charge in [-0.05, 0) is 26.6 Å². The highest BCUT2D eigenvalue weighted by Gasteiger charge is 2.30. The van der Waals surface area contributed by atoms with Crippen molar-refractivity contribution in [2.24, 2.45) is 5.92 Å². The second kappa shape index (κ2) is 5.69. The van der Waals surface area contributed by atoms with E-state index in [1.165, 1.54) is 19.6 Å². The van der Waals surface area contributed by atoms with E-state index in [1.807, 2.05) is 0 Å². The predicted molar refractivity (Wildman–Crippen MR) is 61.6 cm³/mol. The molecule has 1 aliphatic rings. The van der Waals surface area contributed by atoms with Gasteiger partial charge in [0, 0.05) is 32.2 Å². The fourth-order valence-corrected chi connectivity index (χ4v) is 2.32. The molecule has 0 radical (unpaired) electrons. The van der Waals surface area contributed by atoms with Crippen molar-refractivity contribution in [2.45, 2.75) is 19.9 Å². The molecular formula is C11H25N3. The number of hydrogen-bond donors (Lipinski definition) is 1. The molecule has 14 heavy (non-hydrogen) atoms. The van der Waals surface area contributed by atoms with E-state index in [2.05, 4.69) is 43.1 Å². The number of nitrogens with zero attached hydrogens (tertiary/aromatic N) is 2. The Morgan fingerprint density at radius 3 is 2.57 bits per heavy atom. The smallest absolute Gasteiger partial charge is 0.0254 e. The molecule has 3 heteroatoms. The SMILES string of the molecule is CCNCCN1CC(C)C(N(C)C)C1. The molecule has 84 valence electrons. The minimum atomic E-state index is 0.747. The van der Waals surface area contributed by atoms with Gasteiger partial charge in [-0.1, -0.05) is 13.8 Å². The van der Waals surface area contributed by atoms with Crippen molar-refractivity contribution in [3.8, 4) is 0 Å². The Balaban J connectivity index is 2.24. The minimum Gasteiger partial charge on any atom is -0.316 e. The lowest BCUT2D eigenvalue weighted by Crippen LogP contribution is -2.35. The summed E-state index contributed by atoms with van der Waals surface area (Å²) in [5, 5.41) is 3.38. The van der Waals surface area contributed by atoms with Crippen molar-refractivity contribution >= 4 is 0 Å². The van der Waals surface area contributed by atoms with Gasteiger partial charge in [0.1, 0.15) is 0 Å². The fraction of sp³-hybridized carbons (Fsp3) is 1.00. The van der Waals surface area contributed by atoms with Gasteiger partial charge in [-0.15, -0.1) is 0 Å². The monoisotopic (exact) mass is 199 g/mol. The van der Waals surface area contributed by atoms with Gasteiger partial charge < -0.3 is 15.1 Å². The predicted octanol–water partition coefficient (Wildman–Crippen LogP) is 0.478. The van der Waals surface area contributed by atoms with Gasteiger partial charge in [0.25, 0.3) is 0 Å². The second-order valence-electron chi connectivity index (χ2n) is 4.62. The zero-order valence-electron chi connectivity index (χ0n) is 10.1. The summed E-state index contributed by atoms with van der Waals surface area (Å²) in [4.78, 5) is 4.93. The van der Waals surface area contributed by atoms with Crippen molar-refractivity contribution in [3.63, 3.8) is 0 Å². The molecule has 0 amide bonds. The number of likely N-dealkylation sites (tertiary alicyclic amines) is 1. The average molecular weight is 199 g/mol. The molecule has 1 saturated heterocycles. The largest absolute Gasteiger partial charge is 0.316 e. The minimum absolute atomic E-state index is 0.747. The zero-order chi connectivity index (χ0) is 10.6. The summed E-state index contributed by atoms with van der Waals surface area (Å²) in [5.41, 5.74) is 0. The lowest BCUT2D eigenvalue weighted by atomic mass is 10.1. The summed E-state index contributed by atoms with van der Waals surface area (Å²) in [6.07, 6.45) is 0. The van der Waals surface area contributed by atoms with Crippen LogP contribution >= 0.6 is 0 Å². The third-order valence-corrected chi connectivity index (χ3v) is 3.17. The third kappa shape index (κ3) is 3.23. The van der Waals surface area contributed by atoms with Crippen LogP contribution in [-0.4, -0.2) is 62.7 Å². The molecular weight excluding hydrogens is 174 g/mol. The van der Waals surface area contributed by atoms with Gasteiger partial charge in [0.15, 0.2) is 0 Å². The molecule has 1 heterocycles. The van der Waals surface area contributed by atoms with E-state index >= 15 is 0 Å². The van der Waals surface area contributed by atoms with Crippen LogP contribution in [0.1, 0.15) is 13.8 Å². The quantitative estimate of drug-likeness (QED) is 0.650. The maximum absolute atomic E-state index is 3.38. The molecule has 2 atom stereocenters. The molecule has 2 unspecified atom stereocenters. The van der Waals surface area contributed by atoms with E-state index in [0.29, 0.717) is 0 Å². The van der Waals surface area contributed by atoms with E-state index in [1.54, 1.807) is 0 Å². The van der Waals surface area contributed by atoms with E-state index in [9.17, 15) is 0 Å². The fourth-order valence-electron chi connectivity index (χ4n) is 2.32. The van der Waals surface area contributed by atoms with Gasteiger partial charge >= 0.3 is 0 Å². The Labute approximate surface area is 88.5 Å². The van der Waals surface area contributed by atoms with Crippen molar-refractivity contribution in [3.05, 3.63) is 0 Å². The van der Waals surface area contributed by atoms with Crippen LogP contribution in [0.3, 0.4) is 0 Å². The molecule has 3 nitrogen and oxygen atoms in total. The number of likely N-dealkylation sites (N-methyl/N-ethyl adjacent to an activating group) is 2. The van der Waals surface area contributed by atoms with Gasteiger partial charge in [-0.2, -0.15) is 0 Å². The maximum atomic E-state index is 3.38. The maximum Gasteiger partial charge on any atom is 0.0254 e. The topological polar surface area (TPSA) is 18.5 Å². The van der Waals surface area contributed by atoms with Crippen LogP contribution in [-0.2, 0) is 0 Å². The molecule has 0 saturated carbocycles. The van der Waals surface area contributed by atoms with Crippen LogP contribution in [0.2, 0.25) is 0 Å². The Hall–Kier alpha value is -0.120. The molecule has 1 fully saturated rings. The first-order valence-electron chi connectivity index (χ1n) is 5.74. The van der Waals surface area contributed by atoms with Crippen molar-refractivity contribution < 1.29 is 0 Å². The summed E-state index contributed by atoms with van der Waals surface area (Å²) < 4.78 is 0. The van der Waals surface area contributed by atoms with Crippen molar-refractivity contribution in [2.75, 3.05) is 46.8 Å². The van der Waals surface area contributed by atoms with E-state index in [-0.39, 0.29) is 0 Å². The van der Waals surface area contributed by atoms with E-state index < -0.39 is 0 Å². The second-order valence-corrected chi connectivity index (χ2v) is 4.62. The van der Waals surface area contributed by atoms with Gasteiger partial charge in [-0.3, -0.25) is 0 Å². The molecule has 1 rings (SSSR count). The molecule has 0 aliphatic carbocycles. The van der Waals surface area contributed by atoms with Crippen LogP contribution in [0.15, 0.2) is 0 Å². The first kappa shape index (κ1) is 12.0. The first-order chi connectivity index (χ1) is 6.65. The highest BCUT2D eigenvalue weighted by Crippen LogP contribution is 2.19. The van der Waals surface area contributed by atoms with Gasteiger partial charge in [-0.25, -0.2) is 0 Å². The average Bonchev–Trinajstić information content (AvgIpc) is 2.47. The van der Waals surface area contributed by atoms with Crippen molar-refractivity contribution in [1.29, 1.82) is 0 Å². The van der Waals surface area contributed by atoms with Crippen LogP contribution in [0, 0.1) is 5.92 Å². The van der Waals surface area contributed by atoms with E-state index in [4.69, 9.17) is 0 Å². The molecule has 1 N–H and O–H groups in total. The highest BCUT2D eigenvalue weighted by molar-refractivity contribution is 4.86. The molecule has 0 aromatic rings. The van der Waals surface area contributed by atoms with Gasteiger partial charge in [0.05, 0.1) is 0 Å². The summed E-state index contributed by atoms with van der Waals surface area (Å²) in [5.74, 6) is 0.812. The molecule has 1 aliphatic heterocycles. The van der Waals surface area contributed by atoms with Crippen LogP contribution in [0.5, 0.6) is 0 Å². The van der Waals surface area contributed by atoms with Gasteiger partial charge in [0.2, 0.25) is 0 Å². The molecule has 0 aromatic heterocycles. The highest BCUT2D eigenvalue weighted by atomic mass is 15.2. The van der Waals surface area contributed by atoms with Crippen LogP contribution in [0.4, 0.5) is 0 Å². The Morgan fingerprint density at radius 2 is 2.07 bits per heavy atom. The molecule has 0 aromatic carbocycles. The Kier molecular flexibility index (Phi) is 4.85. The Morgan fingerprint density at radius 1 is 1.36 bits per heavy atom. The van der Waals surface area contributed by atoms with Crippen molar-refractivity contribution in [1.82, 2.24) is 15.1 Å². The van der Waals surface area contributed by atoms with E-state index in [0.717, 1.165) is 25.0 Å². The summed E-state index contributed by atoms with van der Waals surface area (Å²) in [6.45, 7) is 10.4. The number of nitrogens with one attached hydrogen (secondary N) is 1. The number of rotatable bonds is 5. The lowest BCUT2D eigenvalue weighted by molar-refractivity contribution is 0.252. The lowest BCUT2D eigenvalue weighted by Gasteiger charge is -2.22. The summed E-state index contributed by atoms with van der Waals surface area (Å²) in [6, 6.07) is 0.747.